The zero-order chi connectivity index (χ0) is 20.8. The fourth-order valence-electron chi connectivity index (χ4n) is 5.70. The Balaban J connectivity index is 1.46. The first kappa shape index (κ1) is 16.5. The third-order valence-corrected chi connectivity index (χ3v) is 7.11. The fourth-order valence-corrected chi connectivity index (χ4v) is 5.70. The van der Waals surface area contributed by atoms with E-state index < -0.39 is 0 Å². The summed E-state index contributed by atoms with van der Waals surface area (Å²) in [5.41, 5.74) is 2.53. The molecule has 32 heavy (non-hydrogen) atoms. The first-order valence-electron chi connectivity index (χ1n) is 11.0. The lowest BCUT2D eigenvalue weighted by atomic mass is 9.89. The van der Waals surface area contributed by atoms with E-state index in [0.29, 0.717) is 0 Å². The normalized spacial score (nSPS) is 12.4. The molecule has 8 rings (SSSR count). The zero-order valence-corrected chi connectivity index (χ0v) is 17.2. The third-order valence-electron chi connectivity index (χ3n) is 7.11. The van der Waals surface area contributed by atoms with E-state index in [0.717, 1.165) is 0 Å². The van der Waals surface area contributed by atoms with Gasteiger partial charge in [-0.2, -0.15) is 0 Å². The summed E-state index contributed by atoms with van der Waals surface area (Å²) in [4.78, 5) is 0. The topological polar surface area (TPSA) is 0 Å². The largest absolute Gasteiger partial charge is 0.0537 e. The molecule has 2 radical (unpaired) electrons. The molecule has 0 nitrogen and oxygen atoms in total. The van der Waals surface area contributed by atoms with Crippen LogP contribution < -0.4 is 0 Å². The summed E-state index contributed by atoms with van der Waals surface area (Å²) in [5.74, 6) is 0. The van der Waals surface area contributed by atoms with Gasteiger partial charge >= 0.3 is 0 Å². The van der Waals surface area contributed by atoms with E-state index in [9.17, 15) is 0 Å². The number of rotatable bonds is 1. The van der Waals surface area contributed by atoms with Gasteiger partial charge in [-0.1, -0.05) is 48.5 Å². The molecule has 8 aromatic carbocycles. The molecule has 0 aliphatic rings. The second kappa shape index (κ2) is 5.75. The van der Waals surface area contributed by atoms with E-state index >= 15 is 0 Å². The summed E-state index contributed by atoms with van der Waals surface area (Å²) in [6.07, 6.45) is 0. The van der Waals surface area contributed by atoms with Crippen molar-refractivity contribution in [2.45, 2.75) is 0 Å². The van der Waals surface area contributed by atoms with Gasteiger partial charge in [0.05, 0.1) is 0 Å². The molecule has 144 valence electrons. The van der Waals surface area contributed by atoms with Crippen LogP contribution in [0.15, 0.2) is 97.1 Å². The van der Waals surface area contributed by atoms with Crippen molar-refractivity contribution in [1.29, 1.82) is 0 Å². The lowest BCUT2D eigenvalue weighted by Crippen LogP contribution is -1.88. The minimum Gasteiger partial charge on any atom is -0.0537 e. The van der Waals surface area contributed by atoms with Crippen LogP contribution in [0.5, 0.6) is 0 Å². The van der Waals surface area contributed by atoms with Crippen LogP contribution in [-0.2, 0) is 0 Å². The van der Waals surface area contributed by atoms with Gasteiger partial charge in [0.15, 0.2) is 0 Å². The van der Waals surface area contributed by atoms with E-state index in [4.69, 9.17) is 0 Å². The lowest BCUT2D eigenvalue weighted by molar-refractivity contribution is 1.71. The molecular weight excluding hydrogens is 384 g/mol. The molecule has 0 saturated carbocycles. The predicted molar refractivity (Wildman–Crippen MR) is 137 cm³/mol. The van der Waals surface area contributed by atoms with Crippen LogP contribution in [0.4, 0.5) is 0 Å². The molecule has 0 aromatic heterocycles. The molecule has 0 amide bonds. The first-order valence-corrected chi connectivity index (χ1v) is 11.0. The Morgan fingerprint density at radius 3 is 0.875 bits per heavy atom. The molecule has 0 N–H and O–H groups in total. The van der Waals surface area contributed by atoms with Gasteiger partial charge in [-0.15, -0.1) is 0 Å². The molecule has 0 heteroatoms. The highest BCUT2D eigenvalue weighted by Gasteiger charge is 2.13. The maximum atomic E-state index is 3.27. The van der Waals surface area contributed by atoms with E-state index in [1.807, 2.05) is 0 Å². The number of hydrogen-bond acceptors (Lipinski definition) is 0. The zero-order valence-electron chi connectivity index (χ0n) is 17.2. The van der Waals surface area contributed by atoms with Gasteiger partial charge < -0.3 is 0 Å². The van der Waals surface area contributed by atoms with Gasteiger partial charge in [0.1, 0.15) is 0 Å². The Morgan fingerprint density at radius 1 is 0.312 bits per heavy atom. The van der Waals surface area contributed by atoms with Gasteiger partial charge in [0.2, 0.25) is 0 Å². The van der Waals surface area contributed by atoms with Gasteiger partial charge in [-0.3, -0.25) is 0 Å². The Hall–Kier alpha value is -4.16. The van der Waals surface area contributed by atoms with E-state index in [1.54, 1.807) is 0 Å². The summed E-state index contributed by atoms with van der Waals surface area (Å²) >= 11 is 0. The van der Waals surface area contributed by atoms with Gasteiger partial charge in [-0.05, 0) is 136 Å². The second-order valence-corrected chi connectivity index (χ2v) is 8.87. The molecule has 0 saturated heterocycles. The maximum Gasteiger partial charge on any atom is -0.00264 e. The minimum atomic E-state index is 1.26. The van der Waals surface area contributed by atoms with Crippen LogP contribution in [0.1, 0.15) is 0 Å². The monoisotopic (exact) mass is 400 g/mol. The number of hydrogen-bond donors (Lipinski definition) is 0. The molecular formula is C32H16. The summed E-state index contributed by atoms with van der Waals surface area (Å²) < 4.78 is 0. The van der Waals surface area contributed by atoms with Gasteiger partial charge in [-0.25, -0.2) is 0 Å². The fraction of sp³-hybridized carbons (Fsp3) is 0. The molecule has 0 aliphatic carbocycles. The quantitative estimate of drug-likeness (QED) is 0.242. The Bertz CT molecular complexity index is 1700. The smallest absolute Gasteiger partial charge is 0.00264 e. The Morgan fingerprint density at radius 2 is 0.562 bits per heavy atom. The average Bonchev–Trinajstić information content (AvgIpc) is 2.85. The molecule has 0 aliphatic heterocycles. The van der Waals surface area contributed by atoms with Gasteiger partial charge in [0.25, 0.3) is 0 Å². The van der Waals surface area contributed by atoms with Crippen LogP contribution >= 0.6 is 0 Å². The van der Waals surface area contributed by atoms with Crippen LogP contribution in [0.3, 0.4) is 0 Å². The molecule has 0 unspecified atom stereocenters. The highest BCUT2D eigenvalue weighted by molar-refractivity contribution is 6.25. The molecule has 0 spiro atoms. The van der Waals surface area contributed by atoms with Crippen LogP contribution in [0.25, 0.3) is 75.8 Å². The van der Waals surface area contributed by atoms with Crippen molar-refractivity contribution in [3.8, 4) is 11.1 Å². The highest BCUT2D eigenvalue weighted by atomic mass is 14.2. The first-order chi connectivity index (χ1) is 15.8. The van der Waals surface area contributed by atoms with Crippen LogP contribution in [0.2, 0.25) is 0 Å². The van der Waals surface area contributed by atoms with Crippen LogP contribution in [-0.4, -0.2) is 0 Å². The van der Waals surface area contributed by atoms with Crippen molar-refractivity contribution in [2.75, 3.05) is 0 Å². The highest BCUT2D eigenvalue weighted by Crippen LogP contribution is 2.40. The summed E-state index contributed by atoms with van der Waals surface area (Å²) in [6, 6.07) is 42.2. The van der Waals surface area contributed by atoms with E-state index in [2.05, 4.69) is 109 Å². The van der Waals surface area contributed by atoms with Crippen molar-refractivity contribution in [3.63, 3.8) is 0 Å². The van der Waals surface area contributed by atoms with Crippen molar-refractivity contribution < 1.29 is 0 Å². The second-order valence-electron chi connectivity index (χ2n) is 8.87. The van der Waals surface area contributed by atoms with Crippen molar-refractivity contribution in [3.05, 3.63) is 109 Å². The third kappa shape index (κ3) is 2.07. The summed E-state index contributed by atoms with van der Waals surface area (Å²) in [7, 11) is 0. The Kier molecular flexibility index (Phi) is 2.97. The van der Waals surface area contributed by atoms with Crippen molar-refractivity contribution >= 4 is 64.6 Å². The minimum absolute atomic E-state index is 1.26. The summed E-state index contributed by atoms with van der Waals surface area (Å²) in [5, 5.41) is 15.6. The predicted octanol–water partition coefficient (Wildman–Crippen LogP) is 8.75. The van der Waals surface area contributed by atoms with Crippen molar-refractivity contribution in [1.82, 2.24) is 0 Å². The molecule has 0 fully saturated rings. The van der Waals surface area contributed by atoms with Crippen LogP contribution in [0, 0.1) is 12.1 Å². The SMILES string of the molecule is [c]1cc2ccc3cc(-c4cc5ccc6c[c]cc7ccc(c4)c5c67)cc4ccc(c1)c2c34. The lowest BCUT2D eigenvalue weighted by Gasteiger charge is -2.15. The molecule has 0 heterocycles. The Labute approximate surface area is 185 Å². The standard InChI is InChI=1S/C32H16/c1-3-19-7-11-23-15-27(16-24-12-8-20(4-1)29(19)31(23)24)28-17-25-13-9-21-5-2-6-22-10-14-26(18-28)32(25)30(21)22/h3-18H. The van der Waals surface area contributed by atoms with Crippen molar-refractivity contribution in [2.24, 2.45) is 0 Å². The number of benzene rings is 8. The summed E-state index contributed by atoms with van der Waals surface area (Å²) in [6.45, 7) is 0. The maximum absolute atomic E-state index is 3.27. The van der Waals surface area contributed by atoms with E-state index in [-0.39, 0.29) is 0 Å². The van der Waals surface area contributed by atoms with Gasteiger partial charge in [0, 0.05) is 0 Å². The molecule has 0 bridgehead atoms. The molecule has 8 aromatic rings. The average molecular weight is 400 g/mol. The van der Waals surface area contributed by atoms with E-state index in [1.165, 1.54) is 75.8 Å². The molecule has 0 atom stereocenters.